The Hall–Kier alpha value is -4.10. The SMILES string of the molecule is CCc1ccccc1-c1cccc2c1C=C(C(C)(C)C)[CH]2[Zr]([c]1cccc2c1[SiH2]c1ccccc1-2)[CH]1C(C(C)(C)C)=Cc2c(-c3ccccc3CC)cccc21. The van der Waals surface area contributed by atoms with Gasteiger partial charge >= 0.3 is 349 Å². The second-order valence-corrected chi connectivity index (χ2v) is 26.5. The molecule has 2 atom stereocenters. The van der Waals surface area contributed by atoms with Crippen LogP contribution < -0.4 is 13.6 Å². The number of hydrogen-bond donors (Lipinski definition) is 0. The molecule has 0 fully saturated rings. The van der Waals surface area contributed by atoms with Crippen LogP contribution in [0, 0.1) is 10.8 Å². The molecule has 0 bridgehead atoms. The van der Waals surface area contributed by atoms with Crippen molar-refractivity contribution < 1.29 is 21.8 Å². The van der Waals surface area contributed by atoms with Gasteiger partial charge in [0.05, 0.1) is 0 Å². The van der Waals surface area contributed by atoms with Crippen LogP contribution in [0.25, 0.3) is 45.5 Å². The molecule has 2 heteroatoms. The topological polar surface area (TPSA) is 0 Å². The van der Waals surface area contributed by atoms with Gasteiger partial charge in [-0.2, -0.15) is 0 Å². The predicted octanol–water partition coefficient (Wildman–Crippen LogP) is 11.9. The van der Waals surface area contributed by atoms with Crippen LogP contribution >= 0.6 is 0 Å². The van der Waals surface area contributed by atoms with Gasteiger partial charge in [-0.3, -0.25) is 0 Å². The zero-order chi connectivity index (χ0) is 38.9. The molecule has 56 heavy (non-hydrogen) atoms. The van der Waals surface area contributed by atoms with E-state index < -0.39 is 31.3 Å². The summed E-state index contributed by atoms with van der Waals surface area (Å²) in [5.41, 5.74) is 20.9. The molecule has 0 radical (unpaired) electrons. The molecule has 0 saturated carbocycles. The molecule has 0 saturated heterocycles. The van der Waals surface area contributed by atoms with Gasteiger partial charge in [-0.25, -0.2) is 0 Å². The molecule has 279 valence electrons. The Morgan fingerprint density at radius 2 is 0.893 bits per heavy atom. The van der Waals surface area contributed by atoms with Crippen molar-refractivity contribution in [1.29, 1.82) is 0 Å². The molecule has 0 aromatic heterocycles. The first-order valence-electron chi connectivity index (χ1n) is 20.9. The average molecular weight is 823 g/mol. The van der Waals surface area contributed by atoms with E-state index in [0.717, 1.165) is 12.8 Å². The molecule has 6 aromatic rings. The summed E-state index contributed by atoms with van der Waals surface area (Å²) in [6.07, 6.45) is 7.43. The molecule has 1 heterocycles. The first-order chi connectivity index (χ1) is 27.0. The summed E-state index contributed by atoms with van der Waals surface area (Å²) in [7, 11) is -0.645. The fourth-order valence-corrected chi connectivity index (χ4v) is 25.4. The summed E-state index contributed by atoms with van der Waals surface area (Å²) in [6, 6.07) is 49.8. The number of allylic oxidation sites excluding steroid dienone is 2. The monoisotopic (exact) mass is 821 g/mol. The van der Waals surface area contributed by atoms with Gasteiger partial charge in [0.25, 0.3) is 0 Å². The van der Waals surface area contributed by atoms with Crippen molar-refractivity contribution >= 4 is 35.3 Å². The number of rotatable bonds is 7. The quantitative estimate of drug-likeness (QED) is 0.141. The summed E-state index contributed by atoms with van der Waals surface area (Å²) in [5.74, 6) is 0. The number of benzene rings is 6. The van der Waals surface area contributed by atoms with Crippen LogP contribution in [0.5, 0.6) is 0 Å². The van der Waals surface area contributed by atoms with E-state index in [4.69, 9.17) is 0 Å². The predicted molar refractivity (Wildman–Crippen MR) is 242 cm³/mol. The van der Waals surface area contributed by atoms with Crippen molar-refractivity contribution in [1.82, 2.24) is 0 Å². The third-order valence-electron chi connectivity index (χ3n) is 13.0. The van der Waals surface area contributed by atoms with Crippen LogP contribution in [0.1, 0.15) is 96.0 Å². The van der Waals surface area contributed by atoms with Gasteiger partial charge in [-0.15, -0.1) is 0 Å². The van der Waals surface area contributed by atoms with Gasteiger partial charge in [-0.05, 0) is 0 Å². The molecule has 0 N–H and O–H groups in total. The summed E-state index contributed by atoms with van der Waals surface area (Å²) < 4.78 is 2.60. The maximum atomic E-state index is 2.68. The molecule has 6 aromatic carbocycles. The van der Waals surface area contributed by atoms with Gasteiger partial charge in [0, 0.05) is 0 Å². The van der Waals surface area contributed by atoms with E-state index in [2.05, 4.69) is 195 Å². The minimum absolute atomic E-state index is 0.0182. The van der Waals surface area contributed by atoms with E-state index in [9.17, 15) is 0 Å². The van der Waals surface area contributed by atoms with Gasteiger partial charge in [0.1, 0.15) is 0 Å². The summed E-state index contributed by atoms with van der Waals surface area (Å²) >= 11 is -2.97. The normalized spacial score (nSPS) is 17.3. The zero-order valence-electron chi connectivity index (χ0n) is 34.6. The molecular weight excluding hydrogens is 768 g/mol. The summed E-state index contributed by atoms with van der Waals surface area (Å²) in [4.78, 5) is 0. The van der Waals surface area contributed by atoms with Crippen LogP contribution in [-0.4, -0.2) is 9.52 Å². The fraction of sp³-hybridized carbons (Fsp3) is 0.259. The van der Waals surface area contributed by atoms with Crippen molar-refractivity contribution in [3.63, 3.8) is 0 Å². The molecule has 0 amide bonds. The third kappa shape index (κ3) is 6.18. The first-order valence-corrected chi connectivity index (χ1v) is 26.4. The number of aryl methyl sites for hydroxylation is 2. The van der Waals surface area contributed by atoms with Crippen molar-refractivity contribution in [3.05, 3.63) is 172 Å². The van der Waals surface area contributed by atoms with E-state index in [1.807, 2.05) is 0 Å². The van der Waals surface area contributed by atoms with Crippen LogP contribution in [0.4, 0.5) is 0 Å². The zero-order valence-corrected chi connectivity index (χ0v) is 38.4. The molecule has 2 unspecified atom stereocenters. The second-order valence-electron chi connectivity index (χ2n) is 18.3. The van der Waals surface area contributed by atoms with E-state index in [0.29, 0.717) is 7.25 Å². The Labute approximate surface area is 346 Å². The second kappa shape index (κ2) is 14.4. The van der Waals surface area contributed by atoms with E-state index in [1.54, 1.807) is 35.9 Å². The third-order valence-corrected chi connectivity index (χ3v) is 24.8. The van der Waals surface area contributed by atoms with E-state index in [-0.39, 0.29) is 10.8 Å². The van der Waals surface area contributed by atoms with Crippen LogP contribution in [0.3, 0.4) is 0 Å². The summed E-state index contributed by atoms with van der Waals surface area (Å²) in [6.45, 7) is 19.5. The van der Waals surface area contributed by atoms with E-state index >= 15 is 0 Å². The van der Waals surface area contributed by atoms with Gasteiger partial charge in [0.2, 0.25) is 0 Å². The van der Waals surface area contributed by atoms with Crippen molar-refractivity contribution in [2.75, 3.05) is 0 Å². The fourth-order valence-electron chi connectivity index (χ4n) is 10.3. The van der Waals surface area contributed by atoms with Gasteiger partial charge in [-0.1, -0.05) is 0 Å². The van der Waals surface area contributed by atoms with E-state index in [1.165, 1.54) is 55.6 Å². The molecule has 9 rings (SSSR count). The minimum atomic E-state index is -2.97. The van der Waals surface area contributed by atoms with Crippen molar-refractivity contribution in [3.8, 4) is 33.4 Å². The van der Waals surface area contributed by atoms with Crippen molar-refractivity contribution in [2.45, 2.75) is 75.5 Å². The number of hydrogen-bond acceptors (Lipinski definition) is 0. The molecule has 2 aliphatic carbocycles. The molecule has 0 spiro atoms. The van der Waals surface area contributed by atoms with Crippen LogP contribution in [-0.2, 0) is 34.6 Å². The Kier molecular flexibility index (Phi) is 9.62. The molecule has 3 aliphatic rings. The summed E-state index contributed by atoms with van der Waals surface area (Å²) in [5, 5.41) is 3.36. The van der Waals surface area contributed by atoms with Gasteiger partial charge in [0.15, 0.2) is 0 Å². The maximum absolute atomic E-state index is 2.97. The van der Waals surface area contributed by atoms with Crippen LogP contribution in [0.15, 0.2) is 139 Å². The standard InChI is InChI=1S/2C21H23.C12H9Si.Zr/c2*1-5-15-9-6-7-11-18(15)19-12-8-10-16-13-17(14-20(16)19)21(2,3)4;1-3-7-11-9(5-1)10-6-2-4-8-12(10)13-11;/h2*6-14H,5H2,1-4H3;1-7H,13H2;. The average Bonchev–Trinajstić information content (AvgIpc) is 3.91. The number of fused-ring (bicyclic) bond motifs is 5. The Balaban J connectivity index is 1.35. The Bertz CT molecular complexity index is 2440. The van der Waals surface area contributed by atoms with Crippen molar-refractivity contribution in [2.24, 2.45) is 10.8 Å². The molecule has 0 nitrogen and oxygen atoms in total. The van der Waals surface area contributed by atoms with Crippen LogP contribution in [0.2, 0.25) is 0 Å². The van der Waals surface area contributed by atoms with Gasteiger partial charge < -0.3 is 0 Å². The molecular formula is C54H55SiZr. The Morgan fingerprint density at radius 3 is 1.39 bits per heavy atom. The Morgan fingerprint density at radius 1 is 0.464 bits per heavy atom. The first kappa shape index (κ1) is 37.5. The molecule has 1 aliphatic heterocycles.